The largest absolute Gasteiger partial charge is 0.281 e. The van der Waals surface area contributed by atoms with Crippen LogP contribution in [-0.4, -0.2) is 15.7 Å². The predicted octanol–water partition coefficient (Wildman–Crippen LogP) is 2.85. The first-order valence-corrected chi connectivity index (χ1v) is 6.02. The Kier molecular flexibility index (Phi) is 4.04. The topological polar surface area (TPSA) is 51.2 Å². The summed E-state index contributed by atoms with van der Waals surface area (Å²) in [5, 5.41) is -2.54. The van der Waals surface area contributed by atoms with Crippen molar-refractivity contribution in [3.05, 3.63) is 0 Å². The number of halogens is 3. The Morgan fingerprint density at radius 2 is 1.31 bits per heavy atom. The van der Waals surface area contributed by atoms with Crippen LogP contribution in [-0.2, 0) is 14.4 Å². The molecule has 0 spiro atoms. The summed E-state index contributed by atoms with van der Waals surface area (Å²) in [4.78, 5) is 34.6. The van der Waals surface area contributed by atoms with Gasteiger partial charge in [0, 0.05) is 0 Å². The molecule has 1 unspecified atom stereocenters. The first-order valence-electron chi connectivity index (χ1n) is 4.89. The van der Waals surface area contributed by atoms with Crippen molar-refractivity contribution in [1.29, 1.82) is 0 Å². The summed E-state index contributed by atoms with van der Waals surface area (Å²) in [6.45, 7) is 1.47. The zero-order chi connectivity index (χ0) is 12.6. The summed E-state index contributed by atoms with van der Waals surface area (Å²) in [7, 11) is 0. The van der Waals surface area contributed by atoms with Crippen LogP contribution in [0.2, 0.25) is 0 Å². The molecule has 1 atom stereocenters. The highest BCUT2D eigenvalue weighted by Gasteiger charge is 2.61. The summed E-state index contributed by atoms with van der Waals surface area (Å²) in [5.41, 5.74) is -2.97. The van der Waals surface area contributed by atoms with Gasteiger partial charge in [-0.25, -0.2) is 0 Å². The van der Waals surface area contributed by atoms with E-state index in [1.807, 2.05) is 0 Å². The lowest BCUT2D eigenvalue weighted by Crippen LogP contribution is -2.53. The Labute approximate surface area is 108 Å². The maximum absolute atomic E-state index is 11.5. The van der Waals surface area contributed by atoms with E-state index >= 15 is 0 Å². The fraction of sp³-hybridized carbons (Fsp3) is 0.700. The zero-order valence-corrected chi connectivity index (χ0v) is 11.0. The Hall–Kier alpha value is -0.120. The molecule has 0 aromatic rings. The molecule has 0 amide bonds. The van der Waals surface area contributed by atoms with Crippen LogP contribution in [0.15, 0.2) is 0 Å². The van der Waals surface area contributed by atoms with Crippen LogP contribution in [0.5, 0.6) is 0 Å². The molecule has 0 bridgehead atoms. The lowest BCUT2D eigenvalue weighted by Gasteiger charge is -2.44. The third-order valence-electron chi connectivity index (χ3n) is 3.53. The van der Waals surface area contributed by atoms with Crippen molar-refractivity contribution >= 4 is 50.5 Å². The van der Waals surface area contributed by atoms with Gasteiger partial charge in [0.25, 0.3) is 0 Å². The Morgan fingerprint density at radius 1 is 0.875 bits per heavy atom. The molecule has 1 fully saturated rings. The lowest BCUT2D eigenvalue weighted by atomic mass is 9.58. The van der Waals surface area contributed by atoms with Gasteiger partial charge in [0.1, 0.15) is 5.41 Å². The van der Waals surface area contributed by atoms with E-state index in [4.69, 9.17) is 34.8 Å². The minimum absolute atomic E-state index is 0.173. The van der Waals surface area contributed by atoms with Gasteiger partial charge in [-0.2, -0.15) is 0 Å². The third-order valence-corrected chi connectivity index (χ3v) is 4.59. The molecule has 0 saturated heterocycles. The molecular formula is C10H11Cl3O3. The lowest BCUT2D eigenvalue weighted by molar-refractivity contribution is -0.150. The molecule has 0 radical (unpaired) electrons. The molecule has 1 aliphatic carbocycles. The average Bonchev–Trinajstić information content (AvgIpc) is 2.17. The summed E-state index contributed by atoms with van der Waals surface area (Å²) in [6, 6.07) is 0. The first-order chi connectivity index (χ1) is 7.29. The first kappa shape index (κ1) is 13.9. The molecule has 16 heavy (non-hydrogen) atoms. The van der Waals surface area contributed by atoms with E-state index < -0.39 is 26.6 Å². The van der Waals surface area contributed by atoms with Gasteiger partial charge in [-0.1, -0.05) is 12.8 Å². The van der Waals surface area contributed by atoms with Crippen LogP contribution < -0.4 is 0 Å². The van der Waals surface area contributed by atoms with Crippen molar-refractivity contribution in [2.45, 2.75) is 32.6 Å². The van der Waals surface area contributed by atoms with E-state index in [1.54, 1.807) is 0 Å². The van der Waals surface area contributed by atoms with Crippen LogP contribution >= 0.6 is 34.8 Å². The van der Waals surface area contributed by atoms with Crippen molar-refractivity contribution in [3.63, 3.8) is 0 Å². The fourth-order valence-corrected chi connectivity index (χ4v) is 3.41. The molecule has 0 aromatic carbocycles. The van der Waals surface area contributed by atoms with Crippen LogP contribution in [0.1, 0.15) is 32.6 Å². The van der Waals surface area contributed by atoms with Gasteiger partial charge in [-0.15, -0.1) is 0 Å². The molecule has 6 heteroatoms. The Balaban J connectivity index is 3.37. The summed E-state index contributed by atoms with van der Waals surface area (Å²) in [6.07, 6.45) is 1.85. The maximum atomic E-state index is 11.5. The van der Waals surface area contributed by atoms with Crippen molar-refractivity contribution in [2.75, 3.05) is 0 Å². The van der Waals surface area contributed by atoms with E-state index in [9.17, 15) is 14.4 Å². The molecule has 0 N–H and O–H groups in total. The maximum Gasteiger partial charge on any atom is 0.237 e. The van der Waals surface area contributed by atoms with Crippen LogP contribution in [0.25, 0.3) is 0 Å². The van der Waals surface area contributed by atoms with Gasteiger partial charge < -0.3 is 0 Å². The monoisotopic (exact) mass is 284 g/mol. The molecule has 0 aromatic heterocycles. The summed E-state index contributed by atoms with van der Waals surface area (Å²) in [5.74, 6) is 0. The number of hydrogen-bond donors (Lipinski definition) is 0. The van der Waals surface area contributed by atoms with Gasteiger partial charge in [-0.3, -0.25) is 14.4 Å². The van der Waals surface area contributed by atoms with E-state index in [2.05, 4.69) is 0 Å². The third kappa shape index (κ3) is 1.79. The van der Waals surface area contributed by atoms with E-state index in [1.165, 1.54) is 6.92 Å². The number of carbonyl (C=O) groups is 3. The standard InChI is InChI=1S/C10H11Cl3O3/c1-9(6(11)14)4-2-3-5-10(9,7(12)15)8(13)16/h2-5H2,1H3. The highest BCUT2D eigenvalue weighted by atomic mass is 35.5. The molecule has 90 valence electrons. The predicted molar refractivity (Wildman–Crippen MR) is 61.6 cm³/mol. The SMILES string of the molecule is CC1(C(=O)Cl)CCCCC1(C(=O)Cl)C(=O)Cl. The fourth-order valence-electron chi connectivity index (χ4n) is 2.33. The molecule has 1 aliphatic rings. The molecule has 1 saturated carbocycles. The second-order valence-electron chi connectivity index (χ2n) is 4.27. The van der Waals surface area contributed by atoms with Gasteiger partial charge in [0.2, 0.25) is 15.7 Å². The molecule has 3 nitrogen and oxygen atoms in total. The highest BCUT2D eigenvalue weighted by Crippen LogP contribution is 2.54. The second-order valence-corrected chi connectivity index (χ2v) is 5.30. The number of hydrogen-bond acceptors (Lipinski definition) is 3. The highest BCUT2D eigenvalue weighted by molar-refractivity contribution is 6.76. The summed E-state index contributed by atoms with van der Waals surface area (Å²) >= 11 is 16.5. The summed E-state index contributed by atoms with van der Waals surface area (Å²) < 4.78 is 0. The van der Waals surface area contributed by atoms with Crippen LogP contribution in [0.3, 0.4) is 0 Å². The molecule has 1 rings (SSSR count). The second kappa shape index (κ2) is 4.63. The average molecular weight is 286 g/mol. The minimum Gasteiger partial charge on any atom is -0.281 e. The van der Waals surface area contributed by atoms with Crippen LogP contribution in [0.4, 0.5) is 0 Å². The zero-order valence-electron chi connectivity index (χ0n) is 8.69. The smallest absolute Gasteiger partial charge is 0.237 e. The molecular weight excluding hydrogens is 274 g/mol. The minimum atomic E-state index is -1.67. The van der Waals surface area contributed by atoms with Crippen molar-refractivity contribution in [1.82, 2.24) is 0 Å². The van der Waals surface area contributed by atoms with Gasteiger partial charge in [0.05, 0.1) is 5.41 Å². The normalized spacial score (nSPS) is 28.5. The number of rotatable bonds is 3. The van der Waals surface area contributed by atoms with Gasteiger partial charge in [0.15, 0.2) is 0 Å². The van der Waals surface area contributed by atoms with E-state index in [-0.39, 0.29) is 6.42 Å². The quantitative estimate of drug-likeness (QED) is 0.592. The van der Waals surface area contributed by atoms with Crippen molar-refractivity contribution < 1.29 is 14.4 Å². The van der Waals surface area contributed by atoms with Gasteiger partial charge in [-0.05, 0) is 54.6 Å². The molecule has 0 heterocycles. The van der Waals surface area contributed by atoms with Crippen LogP contribution in [0, 0.1) is 10.8 Å². The van der Waals surface area contributed by atoms with Crippen molar-refractivity contribution in [3.8, 4) is 0 Å². The Morgan fingerprint density at radius 3 is 1.62 bits per heavy atom. The van der Waals surface area contributed by atoms with Crippen molar-refractivity contribution in [2.24, 2.45) is 10.8 Å². The van der Waals surface area contributed by atoms with E-state index in [0.29, 0.717) is 19.3 Å². The van der Waals surface area contributed by atoms with Gasteiger partial charge >= 0.3 is 0 Å². The Bertz CT molecular complexity index is 339. The molecule has 0 aliphatic heterocycles. The number of carbonyl (C=O) groups excluding carboxylic acids is 3. The van der Waals surface area contributed by atoms with E-state index in [0.717, 1.165) is 0 Å².